The van der Waals surface area contributed by atoms with Gasteiger partial charge in [-0.2, -0.15) is 0 Å². The lowest BCUT2D eigenvalue weighted by atomic mass is 10.2. The van der Waals surface area contributed by atoms with Crippen molar-refractivity contribution < 1.29 is 9.53 Å². The molecule has 0 spiro atoms. The van der Waals surface area contributed by atoms with Crippen LogP contribution < -0.4 is 15.0 Å². The second kappa shape index (κ2) is 8.44. The highest BCUT2D eigenvalue weighted by atomic mass is 35.5. The van der Waals surface area contributed by atoms with E-state index in [1.807, 2.05) is 44.3 Å². The summed E-state index contributed by atoms with van der Waals surface area (Å²) in [5.74, 6) is 0.450. The lowest BCUT2D eigenvalue weighted by Crippen LogP contribution is -2.32. The van der Waals surface area contributed by atoms with Crippen molar-refractivity contribution in [2.75, 3.05) is 31.6 Å². The predicted molar refractivity (Wildman–Crippen MR) is 94.7 cm³/mol. The number of hydrogen-bond acceptors (Lipinski definition) is 3. The minimum atomic E-state index is -0.142. The number of amides is 1. The lowest BCUT2D eigenvalue weighted by molar-refractivity contribution is 0.0954. The average Bonchev–Trinajstić information content (AvgIpc) is 2.57. The number of ether oxygens (including phenoxy) is 1. The molecule has 0 bridgehead atoms. The Balaban J connectivity index is 1.86. The van der Waals surface area contributed by atoms with Crippen LogP contribution in [0.15, 0.2) is 48.5 Å². The minimum absolute atomic E-state index is 0.142. The van der Waals surface area contributed by atoms with E-state index in [-0.39, 0.29) is 5.91 Å². The molecular weight excluding hydrogens is 312 g/mol. The molecule has 0 aromatic heterocycles. The topological polar surface area (TPSA) is 41.6 Å². The van der Waals surface area contributed by atoms with Gasteiger partial charge in [-0.15, -0.1) is 0 Å². The SMILES string of the molecule is CCOc1ccc(C(=O)NCCN(C)c2ccccc2)cc1Cl. The molecule has 5 heteroatoms. The van der Waals surface area contributed by atoms with Gasteiger partial charge >= 0.3 is 0 Å². The molecule has 1 N–H and O–H groups in total. The van der Waals surface area contributed by atoms with E-state index in [2.05, 4.69) is 10.2 Å². The van der Waals surface area contributed by atoms with Crippen molar-refractivity contribution in [3.63, 3.8) is 0 Å². The summed E-state index contributed by atoms with van der Waals surface area (Å²) in [5.41, 5.74) is 1.65. The quantitative estimate of drug-likeness (QED) is 0.842. The van der Waals surface area contributed by atoms with Crippen molar-refractivity contribution in [2.24, 2.45) is 0 Å². The molecule has 0 atom stereocenters. The first kappa shape index (κ1) is 17.2. The van der Waals surface area contributed by atoms with Crippen molar-refractivity contribution >= 4 is 23.2 Å². The Labute approximate surface area is 142 Å². The third kappa shape index (κ3) is 4.89. The Morgan fingerprint density at radius 3 is 2.61 bits per heavy atom. The first-order valence-corrected chi connectivity index (χ1v) is 7.96. The van der Waals surface area contributed by atoms with Crippen LogP contribution in [0.4, 0.5) is 5.69 Å². The molecule has 0 saturated carbocycles. The van der Waals surface area contributed by atoms with E-state index in [4.69, 9.17) is 16.3 Å². The molecule has 0 aliphatic rings. The van der Waals surface area contributed by atoms with Gasteiger partial charge < -0.3 is 15.0 Å². The second-order valence-electron chi connectivity index (χ2n) is 5.09. The molecule has 122 valence electrons. The highest BCUT2D eigenvalue weighted by Gasteiger charge is 2.09. The van der Waals surface area contributed by atoms with E-state index in [9.17, 15) is 4.79 Å². The molecule has 2 rings (SSSR count). The zero-order chi connectivity index (χ0) is 16.7. The van der Waals surface area contributed by atoms with Crippen LogP contribution >= 0.6 is 11.6 Å². The van der Waals surface area contributed by atoms with Gasteiger partial charge in [-0.25, -0.2) is 0 Å². The van der Waals surface area contributed by atoms with Crippen LogP contribution in [0.2, 0.25) is 5.02 Å². The fourth-order valence-electron chi connectivity index (χ4n) is 2.17. The summed E-state index contributed by atoms with van der Waals surface area (Å²) in [6, 6.07) is 15.1. The number of benzene rings is 2. The molecule has 0 fully saturated rings. The number of likely N-dealkylation sites (N-methyl/N-ethyl adjacent to an activating group) is 1. The zero-order valence-electron chi connectivity index (χ0n) is 13.4. The number of rotatable bonds is 7. The number of carbonyl (C=O) groups is 1. The van der Waals surface area contributed by atoms with Crippen LogP contribution in [0, 0.1) is 0 Å². The van der Waals surface area contributed by atoms with Crippen molar-refractivity contribution in [3.8, 4) is 5.75 Å². The molecule has 0 aliphatic carbocycles. The first-order chi connectivity index (χ1) is 11.1. The van der Waals surface area contributed by atoms with Gasteiger partial charge in [-0.05, 0) is 37.3 Å². The average molecular weight is 333 g/mol. The fourth-order valence-corrected chi connectivity index (χ4v) is 2.40. The van der Waals surface area contributed by atoms with E-state index >= 15 is 0 Å². The maximum Gasteiger partial charge on any atom is 0.251 e. The second-order valence-corrected chi connectivity index (χ2v) is 5.50. The Bertz CT molecular complexity index is 647. The zero-order valence-corrected chi connectivity index (χ0v) is 14.1. The van der Waals surface area contributed by atoms with Crippen LogP contribution in [0.25, 0.3) is 0 Å². The summed E-state index contributed by atoms with van der Waals surface area (Å²) in [7, 11) is 2.00. The van der Waals surface area contributed by atoms with E-state index in [1.54, 1.807) is 18.2 Å². The van der Waals surface area contributed by atoms with Crippen LogP contribution in [0.1, 0.15) is 17.3 Å². The van der Waals surface area contributed by atoms with Crippen LogP contribution in [0.3, 0.4) is 0 Å². The number of nitrogens with zero attached hydrogens (tertiary/aromatic N) is 1. The number of hydrogen-bond donors (Lipinski definition) is 1. The largest absolute Gasteiger partial charge is 0.492 e. The van der Waals surface area contributed by atoms with Crippen molar-refractivity contribution in [1.82, 2.24) is 5.32 Å². The fraction of sp³-hybridized carbons (Fsp3) is 0.278. The molecule has 2 aromatic carbocycles. The molecule has 4 nitrogen and oxygen atoms in total. The van der Waals surface area contributed by atoms with Gasteiger partial charge in [0.2, 0.25) is 0 Å². The molecule has 0 aliphatic heterocycles. The van der Waals surface area contributed by atoms with Gasteiger partial charge in [-0.3, -0.25) is 4.79 Å². The smallest absolute Gasteiger partial charge is 0.251 e. The minimum Gasteiger partial charge on any atom is -0.492 e. The lowest BCUT2D eigenvalue weighted by Gasteiger charge is -2.19. The number of para-hydroxylation sites is 1. The summed E-state index contributed by atoms with van der Waals surface area (Å²) in [4.78, 5) is 14.2. The standard InChI is InChI=1S/C18H21ClN2O2/c1-3-23-17-10-9-14(13-16(17)19)18(22)20-11-12-21(2)15-7-5-4-6-8-15/h4-10,13H,3,11-12H2,1-2H3,(H,20,22). The van der Waals surface area contributed by atoms with Gasteiger partial charge in [-0.1, -0.05) is 29.8 Å². The van der Waals surface area contributed by atoms with Crippen molar-refractivity contribution in [1.29, 1.82) is 0 Å². The molecule has 23 heavy (non-hydrogen) atoms. The number of anilines is 1. The maximum atomic E-state index is 12.2. The van der Waals surface area contributed by atoms with E-state index < -0.39 is 0 Å². The molecule has 2 aromatic rings. The van der Waals surface area contributed by atoms with Crippen LogP contribution in [0.5, 0.6) is 5.75 Å². The first-order valence-electron chi connectivity index (χ1n) is 7.58. The maximum absolute atomic E-state index is 12.2. The Morgan fingerprint density at radius 2 is 1.96 bits per heavy atom. The number of nitrogens with one attached hydrogen (secondary N) is 1. The predicted octanol–water partition coefficient (Wildman–Crippen LogP) is 3.60. The molecule has 0 unspecified atom stereocenters. The van der Waals surface area contributed by atoms with E-state index in [1.165, 1.54) is 0 Å². The van der Waals surface area contributed by atoms with Gasteiger partial charge in [0.15, 0.2) is 0 Å². The summed E-state index contributed by atoms with van der Waals surface area (Å²) in [6.45, 7) is 3.70. The van der Waals surface area contributed by atoms with Crippen LogP contribution in [-0.4, -0.2) is 32.7 Å². The number of carbonyl (C=O) groups excluding carboxylic acids is 1. The van der Waals surface area contributed by atoms with Crippen molar-refractivity contribution in [2.45, 2.75) is 6.92 Å². The molecule has 0 radical (unpaired) electrons. The monoisotopic (exact) mass is 332 g/mol. The van der Waals surface area contributed by atoms with E-state index in [0.717, 1.165) is 12.2 Å². The third-order valence-electron chi connectivity index (χ3n) is 3.42. The number of halogens is 1. The Morgan fingerprint density at radius 1 is 1.22 bits per heavy atom. The molecule has 0 saturated heterocycles. The normalized spacial score (nSPS) is 10.2. The highest BCUT2D eigenvalue weighted by Crippen LogP contribution is 2.25. The van der Waals surface area contributed by atoms with Crippen LogP contribution in [-0.2, 0) is 0 Å². The van der Waals surface area contributed by atoms with Crippen molar-refractivity contribution in [3.05, 3.63) is 59.1 Å². The van der Waals surface area contributed by atoms with Gasteiger partial charge in [0.25, 0.3) is 5.91 Å². The molecule has 0 heterocycles. The summed E-state index contributed by atoms with van der Waals surface area (Å²) in [6.07, 6.45) is 0. The Hall–Kier alpha value is -2.20. The molecular formula is C18H21ClN2O2. The summed E-state index contributed by atoms with van der Waals surface area (Å²) < 4.78 is 5.36. The highest BCUT2D eigenvalue weighted by molar-refractivity contribution is 6.32. The van der Waals surface area contributed by atoms with Gasteiger partial charge in [0, 0.05) is 31.4 Å². The third-order valence-corrected chi connectivity index (χ3v) is 3.72. The van der Waals surface area contributed by atoms with E-state index in [0.29, 0.717) is 29.5 Å². The summed E-state index contributed by atoms with van der Waals surface area (Å²) >= 11 is 6.10. The van der Waals surface area contributed by atoms with Gasteiger partial charge in [0.05, 0.1) is 11.6 Å². The van der Waals surface area contributed by atoms with Gasteiger partial charge in [0.1, 0.15) is 5.75 Å². The molecule has 1 amide bonds. The Kier molecular flexibility index (Phi) is 6.29. The summed E-state index contributed by atoms with van der Waals surface area (Å²) in [5, 5.41) is 3.34.